The molecule has 146 valence electrons. The Hall–Kier alpha value is -1.14. The highest BCUT2D eigenvalue weighted by molar-refractivity contribution is 5.13. The first-order chi connectivity index (χ1) is 12.5. The summed E-state index contributed by atoms with van der Waals surface area (Å²) in [7, 11) is 0. The average Bonchev–Trinajstić information content (AvgIpc) is 2.93. The molecule has 0 unspecified atom stereocenters. The van der Waals surface area contributed by atoms with E-state index in [-0.39, 0.29) is 13.2 Å². The number of aliphatic hydroxyl groups excluding tert-OH is 5. The molecule has 2 fully saturated rings. The van der Waals surface area contributed by atoms with Crippen molar-refractivity contribution in [1.29, 1.82) is 0 Å². The first-order valence-electron chi connectivity index (χ1n) is 8.42. The van der Waals surface area contributed by atoms with Crippen LogP contribution in [0.4, 0.5) is 0 Å². The predicted octanol–water partition coefficient (Wildman–Crippen LogP) is -1.89. The Morgan fingerprint density at radius 2 is 1.69 bits per heavy atom. The maximum absolute atomic E-state index is 10.3. The quantitative estimate of drug-likeness (QED) is 0.388. The number of aliphatic hydroxyl groups is 5. The normalized spacial score (nSPS) is 40.7. The second kappa shape index (κ2) is 8.70. The Morgan fingerprint density at radius 1 is 0.962 bits per heavy atom. The van der Waals surface area contributed by atoms with Crippen molar-refractivity contribution in [2.24, 2.45) is 0 Å². The van der Waals surface area contributed by atoms with E-state index in [1.54, 1.807) is 0 Å². The molecule has 0 radical (unpaired) electrons. The van der Waals surface area contributed by atoms with Gasteiger partial charge in [-0.15, -0.1) is 0 Å². The van der Waals surface area contributed by atoms with Crippen LogP contribution in [-0.2, 0) is 25.6 Å². The lowest BCUT2D eigenvalue weighted by Crippen LogP contribution is -2.56. The summed E-state index contributed by atoms with van der Waals surface area (Å²) in [5.74, 6) is 0. The number of rotatable bonds is 6. The lowest BCUT2D eigenvalue weighted by molar-refractivity contribution is -0.319. The van der Waals surface area contributed by atoms with Gasteiger partial charge in [0.25, 0.3) is 0 Å². The Bertz CT molecular complexity index is 556. The molecule has 9 nitrogen and oxygen atoms in total. The van der Waals surface area contributed by atoms with Gasteiger partial charge in [0, 0.05) is 0 Å². The van der Waals surface area contributed by atoms with Crippen LogP contribution in [0.3, 0.4) is 0 Å². The van der Waals surface area contributed by atoms with Crippen LogP contribution in [-0.4, -0.2) is 88.0 Å². The fraction of sp³-hybridized carbons (Fsp3) is 0.647. The van der Waals surface area contributed by atoms with Crippen LogP contribution in [0.2, 0.25) is 0 Å². The second-order valence-electron chi connectivity index (χ2n) is 6.36. The fourth-order valence-electron chi connectivity index (χ4n) is 2.94. The smallest absolute Gasteiger partial charge is 0.187 e. The third kappa shape index (κ3) is 4.22. The largest absolute Gasteiger partial charge is 0.394 e. The minimum atomic E-state index is -1.42. The molecule has 5 N–H and O–H groups in total. The number of hydrogen-bond donors (Lipinski definition) is 5. The van der Waals surface area contributed by atoms with Crippen LogP contribution in [0, 0.1) is 0 Å². The van der Waals surface area contributed by atoms with Crippen molar-refractivity contribution in [1.82, 2.24) is 0 Å². The third-order valence-corrected chi connectivity index (χ3v) is 4.48. The molecule has 0 amide bonds. The van der Waals surface area contributed by atoms with Gasteiger partial charge in [-0.1, -0.05) is 30.3 Å². The van der Waals surface area contributed by atoms with Crippen LogP contribution in [0.25, 0.3) is 0 Å². The van der Waals surface area contributed by atoms with Crippen LogP contribution >= 0.6 is 0 Å². The highest BCUT2D eigenvalue weighted by atomic mass is 16.8. The third-order valence-electron chi connectivity index (χ3n) is 4.48. The number of benzene rings is 1. The summed E-state index contributed by atoms with van der Waals surface area (Å²) in [4.78, 5) is 0. The zero-order valence-corrected chi connectivity index (χ0v) is 14.0. The van der Waals surface area contributed by atoms with Gasteiger partial charge in [-0.05, 0) is 5.56 Å². The van der Waals surface area contributed by atoms with Crippen molar-refractivity contribution in [3.8, 4) is 0 Å². The first kappa shape index (κ1) is 19.6. The lowest BCUT2D eigenvalue weighted by Gasteiger charge is -2.39. The fourth-order valence-corrected chi connectivity index (χ4v) is 2.94. The summed E-state index contributed by atoms with van der Waals surface area (Å²) in [5, 5.41) is 49.0. The van der Waals surface area contributed by atoms with Gasteiger partial charge < -0.3 is 44.5 Å². The summed E-state index contributed by atoms with van der Waals surface area (Å²) < 4.78 is 21.9. The van der Waals surface area contributed by atoms with Gasteiger partial charge in [-0.25, -0.2) is 0 Å². The molecule has 1 aromatic rings. The molecule has 0 aliphatic carbocycles. The van der Waals surface area contributed by atoms with Gasteiger partial charge in [0.2, 0.25) is 0 Å². The summed E-state index contributed by atoms with van der Waals surface area (Å²) >= 11 is 0. The van der Waals surface area contributed by atoms with E-state index in [2.05, 4.69) is 0 Å². The van der Waals surface area contributed by atoms with Gasteiger partial charge >= 0.3 is 0 Å². The highest BCUT2D eigenvalue weighted by Crippen LogP contribution is 2.28. The molecule has 2 heterocycles. The highest BCUT2D eigenvalue weighted by Gasteiger charge is 2.48. The molecule has 9 heteroatoms. The summed E-state index contributed by atoms with van der Waals surface area (Å²) in [6, 6.07) is 9.29. The van der Waals surface area contributed by atoms with E-state index in [0.717, 1.165) is 5.56 Å². The Morgan fingerprint density at radius 3 is 2.35 bits per heavy atom. The molecule has 3 rings (SSSR count). The molecule has 2 aliphatic rings. The molecular weight excluding hydrogens is 348 g/mol. The van der Waals surface area contributed by atoms with Crippen molar-refractivity contribution >= 4 is 0 Å². The molecule has 26 heavy (non-hydrogen) atoms. The lowest BCUT2D eigenvalue weighted by atomic mass is 10.0. The molecular formula is C17H24O9. The van der Waals surface area contributed by atoms with Crippen molar-refractivity contribution < 1.29 is 44.5 Å². The van der Waals surface area contributed by atoms with Crippen molar-refractivity contribution in [3.63, 3.8) is 0 Å². The maximum Gasteiger partial charge on any atom is 0.187 e. The zero-order chi connectivity index (χ0) is 18.7. The molecule has 0 aromatic heterocycles. The summed E-state index contributed by atoms with van der Waals surface area (Å²) in [5.41, 5.74) is 0.878. The van der Waals surface area contributed by atoms with E-state index in [4.69, 9.17) is 24.1 Å². The van der Waals surface area contributed by atoms with Gasteiger partial charge in [-0.3, -0.25) is 0 Å². The molecule has 1 aromatic carbocycles. The van der Waals surface area contributed by atoms with E-state index in [1.165, 1.54) is 0 Å². The number of hydrogen-bond acceptors (Lipinski definition) is 9. The average molecular weight is 372 g/mol. The minimum absolute atomic E-state index is 0.142. The molecule has 0 spiro atoms. The summed E-state index contributed by atoms with van der Waals surface area (Å²) in [6.45, 7) is -0.459. The Balaban J connectivity index is 1.66. The minimum Gasteiger partial charge on any atom is -0.394 e. The van der Waals surface area contributed by atoms with Crippen molar-refractivity contribution in [2.45, 2.75) is 55.8 Å². The van der Waals surface area contributed by atoms with E-state index in [1.807, 2.05) is 30.3 Å². The Kier molecular flexibility index (Phi) is 6.56. The van der Waals surface area contributed by atoms with E-state index in [9.17, 15) is 20.4 Å². The Labute approximate surface area is 150 Å². The molecule has 8 atom stereocenters. The van der Waals surface area contributed by atoms with Crippen LogP contribution in [0.5, 0.6) is 0 Å². The molecule has 0 saturated carbocycles. The molecule has 2 aliphatic heterocycles. The van der Waals surface area contributed by atoms with Crippen molar-refractivity contribution in [3.05, 3.63) is 35.9 Å². The second-order valence-corrected chi connectivity index (χ2v) is 6.36. The van der Waals surface area contributed by atoms with Crippen LogP contribution < -0.4 is 0 Å². The maximum atomic E-state index is 10.3. The van der Waals surface area contributed by atoms with Gasteiger partial charge in [-0.2, -0.15) is 0 Å². The van der Waals surface area contributed by atoms with Crippen molar-refractivity contribution in [2.75, 3.05) is 13.2 Å². The van der Waals surface area contributed by atoms with E-state index < -0.39 is 55.8 Å². The van der Waals surface area contributed by atoms with Crippen LogP contribution in [0.15, 0.2) is 30.3 Å². The van der Waals surface area contributed by atoms with Gasteiger partial charge in [0.15, 0.2) is 12.6 Å². The molecule has 0 bridgehead atoms. The standard InChI is InChI=1S/C17H24O9/c18-6-11-13(21)14(22)16(25-11)26-15-12(20)10(19)8-24-17(15)23-7-9-4-2-1-3-5-9/h1-5,10-22H,6-8H2/t10-,11+,12+,13+,14-,15-,16+,17+/m1/s1. The predicted molar refractivity (Wildman–Crippen MR) is 85.6 cm³/mol. The van der Waals surface area contributed by atoms with E-state index in [0.29, 0.717) is 0 Å². The number of ether oxygens (including phenoxy) is 4. The van der Waals surface area contributed by atoms with Crippen LogP contribution in [0.1, 0.15) is 5.56 Å². The summed E-state index contributed by atoms with van der Waals surface area (Å²) in [6.07, 6.45) is -9.79. The molecule has 2 saturated heterocycles. The van der Waals surface area contributed by atoms with Gasteiger partial charge in [0.05, 0.1) is 19.8 Å². The SMILES string of the molecule is OC[C@@H]1O[C@@H](O[C@H]2[C@@H](OCc3ccccc3)OC[C@@H](O)[C@@H]2O)[C@H](O)[C@H]1O. The van der Waals surface area contributed by atoms with Gasteiger partial charge in [0.1, 0.15) is 36.6 Å². The topological polar surface area (TPSA) is 138 Å². The monoisotopic (exact) mass is 372 g/mol. The first-order valence-corrected chi connectivity index (χ1v) is 8.42. The van der Waals surface area contributed by atoms with E-state index >= 15 is 0 Å². The zero-order valence-electron chi connectivity index (χ0n) is 14.0.